The molecule has 3 N–H and O–H groups in total. The van der Waals surface area contributed by atoms with Gasteiger partial charge in [0.15, 0.2) is 0 Å². The summed E-state index contributed by atoms with van der Waals surface area (Å²) in [7, 11) is 0. The van der Waals surface area contributed by atoms with Crippen molar-refractivity contribution in [1.82, 2.24) is 5.32 Å². The van der Waals surface area contributed by atoms with Crippen molar-refractivity contribution in [1.29, 1.82) is 0 Å². The van der Waals surface area contributed by atoms with Gasteiger partial charge in [0.2, 0.25) is 12.1 Å². The van der Waals surface area contributed by atoms with E-state index in [2.05, 4.69) is 10.6 Å². The average Bonchev–Trinajstić information content (AvgIpc) is 3.24. The van der Waals surface area contributed by atoms with E-state index < -0.39 is 23.7 Å². The van der Waals surface area contributed by atoms with E-state index in [-0.39, 0.29) is 29.7 Å². The number of halogens is 3. The minimum atomic E-state index is -4.65. The van der Waals surface area contributed by atoms with Gasteiger partial charge in [-0.25, -0.2) is 4.79 Å². The van der Waals surface area contributed by atoms with E-state index in [1.807, 2.05) is 30.3 Å². The molecule has 37 heavy (non-hydrogen) atoms. The van der Waals surface area contributed by atoms with Crippen LogP contribution in [-0.4, -0.2) is 25.0 Å². The van der Waals surface area contributed by atoms with Crippen LogP contribution in [0.25, 0.3) is 0 Å². The molecule has 3 aliphatic rings. The van der Waals surface area contributed by atoms with Gasteiger partial charge in [-0.05, 0) is 43.0 Å². The van der Waals surface area contributed by atoms with Crippen LogP contribution in [0.5, 0.6) is 0 Å². The number of alkyl halides is 3. The second-order valence-electron chi connectivity index (χ2n) is 9.87. The number of carbonyl (C=O) groups excluding carboxylic acids is 2. The smallest absolute Gasteiger partial charge is 0.312 e. The van der Waals surface area contributed by atoms with Gasteiger partial charge in [-0.1, -0.05) is 49.6 Å². The summed E-state index contributed by atoms with van der Waals surface area (Å²) in [6.07, 6.45) is 3.67. The number of hydrogen-bond donors (Lipinski definition) is 3. The van der Waals surface area contributed by atoms with E-state index in [9.17, 15) is 22.8 Å². The lowest BCUT2D eigenvalue weighted by Crippen LogP contribution is -3.11. The van der Waals surface area contributed by atoms with Gasteiger partial charge in [0.05, 0.1) is 11.5 Å². The first-order chi connectivity index (χ1) is 17.8. The number of carbonyl (C=O) groups is 2. The third kappa shape index (κ3) is 5.90. The SMILES string of the molecule is O=C(NC1=C[NH+](CC2CCCCC2)O1)Nc1cc(N2CC[C@H](c3ccccc3)C2=O)cc(C(F)(F)F)c1. The minimum Gasteiger partial charge on any atom is -0.312 e. The second kappa shape index (κ2) is 10.5. The van der Waals surface area contributed by atoms with Crippen LogP contribution in [0.4, 0.5) is 29.3 Å². The normalized spacial score (nSPS) is 22.2. The first-order valence-electron chi connectivity index (χ1n) is 12.7. The van der Waals surface area contributed by atoms with Crippen LogP contribution in [-0.2, 0) is 15.8 Å². The first-order valence-corrected chi connectivity index (χ1v) is 12.7. The highest BCUT2D eigenvalue weighted by molar-refractivity contribution is 6.01. The number of nitrogens with one attached hydrogen (secondary N) is 3. The van der Waals surface area contributed by atoms with Crippen molar-refractivity contribution in [2.24, 2.45) is 5.92 Å². The highest BCUT2D eigenvalue weighted by Gasteiger charge is 2.37. The molecule has 1 saturated heterocycles. The molecule has 3 amide bonds. The zero-order valence-corrected chi connectivity index (χ0v) is 20.3. The molecule has 1 saturated carbocycles. The molecule has 2 aromatic rings. The monoisotopic (exact) mass is 515 g/mol. The lowest BCUT2D eigenvalue weighted by atomic mass is 9.89. The Hall–Kier alpha value is -3.53. The van der Waals surface area contributed by atoms with Crippen molar-refractivity contribution in [3.05, 3.63) is 71.7 Å². The highest BCUT2D eigenvalue weighted by atomic mass is 19.4. The summed E-state index contributed by atoms with van der Waals surface area (Å²) in [5.41, 5.74) is -0.0907. The largest absolute Gasteiger partial charge is 0.416 e. The Morgan fingerprint density at radius 1 is 1.03 bits per heavy atom. The van der Waals surface area contributed by atoms with E-state index >= 15 is 0 Å². The number of hydroxylamine groups is 2. The molecule has 1 unspecified atom stereocenters. The number of nitrogens with zero attached hydrogens (tertiary/aromatic N) is 1. The van der Waals surface area contributed by atoms with Crippen LogP contribution in [0, 0.1) is 5.92 Å². The molecule has 2 atom stereocenters. The van der Waals surface area contributed by atoms with Gasteiger partial charge in [0.25, 0.3) is 0 Å². The van der Waals surface area contributed by atoms with E-state index in [0.717, 1.165) is 29.3 Å². The summed E-state index contributed by atoms with van der Waals surface area (Å²) in [6.45, 7) is 1.11. The maximum atomic E-state index is 13.7. The second-order valence-corrected chi connectivity index (χ2v) is 9.87. The molecule has 0 spiro atoms. The lowest BCUT2D eigenvalue weighted by molar-refractivity contribution is -1.07. The molecular formula is C27H30F3N4O3+. The number of hydrogen-bond acceptors (Lipinski definition) is 3. The van der Waals surface area contributed by atoms with Crippen LogP contribution in [0.15, 0.2) is 60.6 Å². The van der Waals surface area contributed by atoms with Crippen molar-refractivity contribution in [3.8, 4) is 0 Å². The third-order valence-corrected chi connectivity index (χ3v) is 7.21. The predicted octanol–water partition coefficient (Wildman–Crippen LogP) is 4.56. The topological polar surface area (TPSA) is 75.1 Å². The molecule has 2 aromatic carbocycles. The number of benzene rings is 2. The van der Waals surface area contributed by atoms with Gasteiger partial charge < -0.3 is 10.2 Å². The number of quaternary nitrogens is 1. The van der Waals surface area contributed by atoms with Crippen molar-refractivity contribution < 1.29 is 32.7 Å². The summed E-state index contributed by atoms with van der Waals surface area (Å²) in [4.78, 5) is 32.5. The molecule has 10 heteroatoms. The summed E-state index contributed by atoms with van der Waals surface area (Å²) in [5, 5.41) is 5.79. The Labute approximate surface area is 213 Å². The van der Waals surface area contributed by atoms with E-state index in [0.29, 0.717) is 12.3 Å². The van der Waals surface area contributed by atoms with Crippen molar-refractivity contribution in [3.63, 3.8) is 0 Å². The fourth-order valence-electron chi connectivity index (χ4n) is 5.33. The number of anilines is 2. The quantitative estimate of drug-likeness (QED) is 0.528. The standard InChI is InChI=1S/C27H29F3N4O3/c28-27(29,30)20-13-21(31-26(36)32-24-17-33(37-24)16-18-7-3-1-4-8-18)15-22(14-20)34-12-11-23(25(34)35)19-9-5-2-6-10-19/h2,5-6,9-10,13-15,17-18,23H,1,3-4,7-8,11-12,16H2,(H2,31,32,36)/p+1/t23-/m1/s1. The molecule has 0 radical (unpaired) electrons. The first kappa shape index (κ1) is 25.1. The molecule has 1 aliphatic carbocycles. The molecule has 5 rings (SSSR count). The van der Waals surface area contributed by atoms with Crippen LogP contribution < -0.4 is 20.6 Å². The molecule has 7 nitrogen and oxygen atoms in total. The Bertz CT molecular complexity index is 1180. The lowest BCUT2D eigenvalue weighted by Gasteiger charge is -2.28. The van der Waals surface area contributed by atoms with Crippen molar-refractivity contribution >= 4 is 23.3 Å². The zero-order valence-electron chi connectivity index (χ0n) is 20.3. The Kier molecular flexibility index (Phi) is 7.10. The van der Waals surface area contributed by atoms with Crippen molar-refractivity contribution in [2.75, 3.05) is 23.3 Å². The van der Waals surface area contributed by atoms with Crippen LogP contribution in [0.1, 0.15) is 55.6 Å². The summed E-state index contributed by atoms with van der Waals surface area (Å²) >= 11 is 0. The van der Waals surface area contributed by atoms with Gasteiger partial charge in [-0.3, -0.25) is 14.9 Å². The number of amides is 3. The predicted molar refractivity (Wildman–Crippen MR) is 131 cm³/mol. The minimum absolute atomic E-state index is 0.0652. The number of urea groups is 1. The molecule has 0 aromatic heterocycles. The number of rotatable bonds is 6. The summed E-state index contributed by atoms with van der Waals surface area (Å²) in [5.74, 6) is 0.164. The van der Waals surface area contributed by atoms with Crippen LogP contribution in [0.3, 0.4) is 0 Å². The Morgan fingerprint density at radius 2 is 1.76 bits per heavy atom. The van der Waals surface area contributed by atoms with E-state index in [4.69, 9.17) is 4.84 Å². The molecule has 196 valence electrons. The van der Waals surface area contributed by atoms with Gasteiger partial charge in [-0.2, -0.15) is 13.2 Å². The zero-order chi connectivity index (χ0) is 26.0. The van der Waals surface area contributed by atoms with Gasteiger partial charge in [0.1, 0.15) is 6.54 Å². The third-order valence-electron chi connectivity index (χ3n) is 7.21. The fraction of sp³-hybridized carbons (Fsp3) is 0.407. The van der Waals surface area contributed by atoms with Gasteiger partial charge in [-0.15, -0.1) is 5.06 Å². The highest BCUT2D eigenvalue weighted by Crippen LogP contribution is 2.38. The average molecular weight is 516 g/mol. The maximum Gasteiger partial charge on any atom is 0.416 e. The summed E-state index contributed by atoms with van der Waals surface area (Å²) in [6, 6.07) is 11.6. The van der Waals surface area contributed by atoms with Crippen LogP contribution in [0.2, 0.25) is 0 Å². The molecular weight excluding hydrogens is 485 g/mol. The molecule has 0 bridgehead atoms. The van der Waals surface area contributed by atoms with Gasteiger partial charge >= 0.3 is 18.1 Å². The maximum absolute atomic E-state index is 13.7. The van der Waals surface area contributed by atoms with E-state index in [1.54, 1.807) is 6.20 Å². The van der Waals surface area contributed by atoms with Crippen molar-refractivity contribution in [2.45, 2.75) is 50.6 Å². The Morgan fingerprint density at radius 3 is 2.46 bits per heavy atom. The van der Waals surface area contributed by atoms with E-state index in [1.165, 1.54) is 43.1 Å². The van der Waals surface area contributed by atoms with Gasteiger partial charge in [0, 0.05) is 23.8 Å². The fourth-order valence-corrected chi connectivity index (χ4v) is 5.33. The molecule has 2 fully saturated rings. The van der Waals surface area contributed by atoms with Crippen LogP contribution >= 0.6 is 0 Å². The molecule has 2 heterocycles. The summed E-state index contributed by atoms with van der Waals surface area (Å²) < 4.78 is 41.0. The molecule has 2 aliphatic heterocycles. The Balaban J connectivity index is 1.26.